The minimum Gasteiger partial charge on any atom is -0.504 e. The second-order valence-corrected chi connectivity index (χ2v) is 5.01. The van der Waals surface area contributed by atoms with Gasteiger partial charge in [-0.15, -0.1) is 11.3 Å². The van der Waals surface area contributed by atoms with Crippen molar-refractivity contribution in [2.75, 3.05) is 5.32 Å². The number of rotatable bonds is 2. The maximum Gasteiger partial charge on any atom is 0.448 e. The van der Waals surface area contributed by atoms with E-state index >= 15 is 0 Å². The van der Waals surface area contributed by atoms with E-state index in [0.29, 0.717) is 22.0 Å². The maximum atomic E-state index is 12.2. The van der Waals surface area contributed by atoms with Gasteiger partial charge in [-0.2, -0.15) is 13.2 Å². The normalized spacial score (nSPS) is 12.7. The Morgan fingerprint density at radius 1 is 1.45 bits per heavy atom. The fourth-order valence-electron chi connectivity index (χ4n) is 1.48. The first-order valence-corrected chi connectivity index (χ1v) is 6.23. The minimum atomic E-state index is -4.79. The van der Waals surface area contributed by atoms with Gasteiger partial charge >= 0.3 is 6.18 Å². The van der Waals surface area contributed by atoms with E-state index < -0.39 is 11.9 Å². The number of aliphatic hydroxyl groups is 1. The summed E-state index contributed by atoms with van der Waals surface area (Å²) in [7, 11) is 0. The second kappa shape index (κ2) is 5.12. The Hall–Kier alpha value is -2.09. The quantitative estimate of drug-likeness (QED) is 0.831. The summed E-state index contributed by atoms with van der Waals surface area (Å²) in [5.74, 6) is -1.94. The second-order valence-electron chi connectivity index (χ2n) is 3.94. The molecule has 0 fully saturated rings. The van der Waals surface area contributed by atoms with Crippen LogP contribution in [0.2, 0.25) is 0 Å². The number of benzene rings is 1. The van der Waals surface area contributed by atoms with Crippen LogP contribution in [0.3, 0.4) is 0 Å². The van der Waals surface area contributed by atoms with Gasteiger partial charge < -0.3 is 10.4 Å². The highest BCUT2D eigenvalue weighted by atomic mass is 32.1. The zero-order valence-electron chi connectivity index (χ0n) is 10.2. The standard InChI is InChI=1S/C12H9F3N2O2S/c1-6(18)16-7-2-3-8-9(4-7)20-11(17-8)5-10(19)12(13,14)15/h2-5,19H,1H3,(H,16,18). The fraction of sp³-hybridized carbons (Fsp3) is 0.167. The monoisotopic (exact) mass is 302 g/mol. The molecule has 20 heavy (non-hydrogen) atoms. The lowest BCUT2D eigenvalue weighted by molar-refractivity contribution is -0.119. The van der Waals surface area contributed by atoms with Crippen molar-refractivity contribution < 1.29 is 23.1 Å². The zero-order chi connectivity index (χ0) is 14.9. The van der Waals surface area contributed by atoms with Gasteiger partial charge in [0.2, 0.25) is 11.7 Å². The largest absolute Gasteiger partial charge is 0.504 e. The van der Waals surface area contributed by atoms with Gasteiger partial charge in [-0.1, -0.05) is 0 Å². The molecule has 1 aromatic heterocycles. The number of thiazole rings is 1. The molecule has 4 nitrogen and oxygen atoms in total. The van der Waals surface area contributed by atoms with Gasteiger partial charge in [0.15, 0.2) is 0 Å². The Bertz CT molecular complexity index is 692. The molecule has 2 aromatic rings. The van der Waals surface area contributed by atoms with Crippen molar-refractivity contribution in [3.63, 3.8) is 0 Å². The Balaban J connectivity index is 2.37. The van der Waals surface area contributed by atoms with Gasteiger partial charge in [-0.05, 0) is 18.2 Å². The number of hydrogen-bond acceptors (Lipinski definition) is 4. The molecular weight excluding hydrogens is 293 g/mol. The average Bonchev–Trinajstić information content (AvgIpc) is 2.68. The number of allylic oxidation sites excluding steroid dienone is 1. The Kier molecular flexibility index (Phi) is 3.67. The molecule has 0 radical (unpaired) electrons. The molecule has 0 bridgehead atoms. The SMILES string of the molecule is CC(=O)Nc1ccc2nc(C=C(O)C(F)(F)F)sc2c1. The first-order valence-electron chi connectivity index (χ1n) is 5.42. The van der Waals surface area contributed by atoms with E-state index in [1.54, 1.807) is 18.2 Å². The Labute approximate surface area is 115 Å². The lowest BCUT2D eigenvalue weighted by Gasteiger charge is -2.02. The van der Waals surface area contributed by atoms with Crippen LogP contribution in [-0.2, 0) is 4.79 Å². The lowest BCUT2D eigenvalue weighted by atomic mass is 10.3. The minimum absolute atomic E-state index is 0.0369. The topological polar surface area (TPSA) is 62.2 Å². The highest BCUT2D eigenvalue weighted by molar-refractivity contribution is 7.19. The summed E-state index contributed by atoms with van der Waals surface area (Å²) in [5, 5.41) is 11.5. The van der Waals surface area contributed by atoms with Crippen molar-refractivity contribution in [1.82, 2.24) is 4.98 Å². The van der Waals surface area contributed by atoms with E-state index in [4.69, 9.17) is 5.11 Å². The molecule has 1 amide bonds. The molecule has 0 aliphatic carbocycles. The van der Waals surface area contributed by atoms with Crippen LogP contribution < -0.4 is 5.32 Å². The number of nitrogens with one attached hydrogen (secondary N) is 1. The number of amides is 1. The molecular formula is C12H9F3N2O2S. The molecule has 0 saturated heterocycles. The van der Waals surface area contributed by atoms with Crippen molar-refractivity contribution >= 4 is 39.2 Å². The molecule has 0 aliphatic rings. The van der Waals surface area contributed by atoms with E-state index in [2.05, 4.69) is 10.3 Å². The third-order valence-corrected chi connectivity index (χ3v) is 3.24. The number of carbonyl (C=O) groups excluding carboxylic acids is 1. The van der Waals surface area contributed by atoms with E-state index in [9.17, 15) is 18.0 Å². The highest BCUT2D eigenvalue weighted by Crippen LogP contribution is 2.29. The predicted octanol–water partition coefficient (Wildman–Crippen LogP) is 3.72. The zero-order valence-corrected chi connectivity index (χ0v) is 11.0. The summed E-state index contributed by atoms with van der Waals surface area (Å²) in [6.07, 6.45) is -4.22. The smallest absolute Gasteiger partial charge is 0.448 e. The number of anilines is 1. The van der Waals surface area contributed by atoms with E-state index in [1.165, 1.54) is 6.92 Å². The first-order chi connectivity index (χ1) is 9.25. The van der Waals surface area contributed by atoms with Gasteiger partial charge in [0.05, 0.1) is 10.2 Å². The van der Waals surface area contributed by atoms with Gasteiger partial charge in [0.1, 0.15) is 5.01 Å². The van der Waals surface area contributed by atoms with Crippen molar-refractivity contribution in [3.05, 3.63) is 29.0 Å². The Morgan fingerprint density at radius 3 is 2.75 bits per heavy atom. The summed E-state index contributed by atoms with van der Waals surface area (Å²) < 4.78 is 37.2. The third-order valence-electron chi connectivity index (χ3n) is 2.28. The number of hydrogen-bond donors (Lipinski definition) is 2. The van der Waals surface area contributed by atoms with Crippen molar-refractivity contribution in [2.45, 2.75) is 13.1 Å². The van der Waals surface area contributed by atoms with Crippen molar-refractivity contribution in [2.24, 2.45) is 0 Å². The first kappa shape index (κ1) is 14.3. The molecule has 0 atom stereocenters. The van der Waals surface area contributed by atoms with E-state index in [0.717, 1.165) is 11.3 Å². The summed E-state index contributed by atoms with van der Waals surface area (Å²) in [6, 6.07) is 4.79. The van der Waals surface area contributed by atoms with Crippen molar-refractivity contribution in [1.29, 1.82) is 0 Å². The van der Waals surface area contributed by atoms with E-state index in [-0.39, 0.29) is 10.9 Å². The summed E-state index contributed by atoms with van der Waals surface area (Å²) >= 11 is 0.984. The summed E-state index contributed by atoms with van der Waals surface area (Å²) in [4.78, 5) is 14.9. The summed E-state index contributed by atoms with van der Waals surface area (Å²) in [6.45, 7) is 1.35. The molecule has 1 aromatic carbocycles. The van der Waals surface area contributed by atoms with Crippen LogP contribution in [-0.4, -0.2) is 22.2 Å². The number of aliphatic hydroxyl groups excluding tert-OH is 1. The molecule has 8 heteroatoms. The lowest BCUT2D eigenvalue weighted by Crippen LogP contribution is -2.10. The van der Waals surface area contributed by atoms with Crippen LogP contribution in [0.4, 0.5) is 18.9 Å². The number of carbonyl (C=O) groups is 1. The van der Waals surface area contributed by atoms with Crippen molar-refractivity contribution in [3.8, 4) is 0 Å². The molecule has 2 rings (SSSR count). The summed E-state index contributed by atoms with van der Waals surface area (Å²) in [5.41, 5.74) is 1.02. The number of aromatic nitrogens is 1. The van der Waals surface area contributed by atoms with Gasteiger partial charge in [0, 0.05) is 18.7 Å². The average molecular weight is 302 g/mol. The van der Waals surface area contributed by atoms with Crippen LogP contribution in [0.5, 0.6) is 0 Å². The van der Waals surface area contributed by atoms with Gasteiger partial charge in [-0.3, -0.25) is 4.79 Å². The third kappa shape index (κ3) is 3.27. The Morgan fingerprint density at radius 2 is 2.15 bits per heavy atom. The molecule has 0 aliphatic heterocycles. The fourth-order valence-corrected chi connectivity index (χ4v) is 2.43. The van der Waals surface area contributed by atoms with E-state index in [1.807, 2.05) is 0 Å². The molecule has 2 N–H and O–H groups in total. The molecule has 0 saturated carbocycles. The number of nitrogens with zero attached hydrogens (tertiary/aromatic N) is 1. The number of fused-ring (bicyclic) bond motifs is 1. The molecule has 106 valence electrons. The number of alkyl halides is 3. The van der Waals surface area contributed by atoms with Crippen LogP contribution >= 0.6 is 11.3 Å². The van der Waals surface area contributed by atoms with Gasteiger partial charge in [0.25, 0.3) is 0 Å². The molecule has 1 heterocycles. The van der Waals surface area contributed by atoms with Crippen LogP contribution in [0.25, 0.3) is 16.3 Å². The maximum absolute atomic E-state index is 12.2. The van der Waals surface area contributed by atoms with Crippen LogP contribution in [0.15, 0.2) is 24.0 Å². The molecule has 0 unspecified atom stereocenters. The predicted molar refractivity (Wildman–Crippen MR) is 70.6 cm³/mol. The van der Waals surface area contributed by atoms with Crippen LogP contribution in [0, 0.1) is 0 Å². The molecule has 0 spiro atoms. The van der Waals surface area contributed by atoms with Gasteiger partial charge in [-0.25, -0.2) is 4.98 Å². The number of halogens is 3. The van der Waals surface area contributed by atoms with Crippen LogP contribution in [0.1, 0.15) is 11.9 Å². The highest BCUT2D eigenvalue weighted by Gasteiger charge is 2.33.